The van der Waals surface area contributed by atoms with Crippen molar-refractivity contribution in [3.63, 3.8) is 0 Å². The van der Waals surface area contributed by atoms with Crippen molar-refractivity contribution in [2.24, 2.45) is 17.6 Å². The van der Waals surface area contributed by atoms with Crippen molar-refractivity contribution < 1.29 is 4.79 Å². The predicted molar refractivity (Wildman–Crippen MR) is 71.6 cm³/mol. The zero-order valence-electron chi connectivity index (χ0n) is 11.8. The van der Waals surface area contributed by atoms with Crippen molar-refractivity contribution in [2.45, 2.75) is 71.4 Å². The molecule has 0 saturated heterocycles. The molecule has 0 bridgehead atoms. The molecular formula is C14H28N2O. The van der Waals surface area contributed by atoms with E-state index in [0.29, 0.717) is 24.8 Å². The van der Waals surface area contributed by atoms with Gasteiger partial charge in [-0.2, -0.15) is 0 Å². The van der Waals surface area contributed by atoms with Crippen LogP contribution in [0, 0.1) is 11.8 Å². The molecule has 0 aromatic heterocycles. The number of carbonyl (C=O) groups is 1. The number of amides is 1. The second-order valence-electron chi connectivity index (χ2n) is 5.80. The molecule has 1 rings (SSSR count). The summed E-state index contributed by atoms with van der Waals surface area (Å²) in [5, 5.41) is 3.15. The Hall–Kier alpha value is -0.570. The first kappa shape index (κ1) is 14.5. The maximum absolute atomic E-state index is 12.1. The third-order valence-corrected chi connectivity index (χ3v) is 4.65. The first-order valence-electron chi connectivity index (χ1n) is 7.02. The molecule has 3 atom stereocenters. The van der Waals surface area contributed by atoms with Gasteiger partial charge in [0.2, 0.25) is 5.91 Å². The Kier molecular flexibility index (Phi) is 4.99. The lowest BCUT2D eigenvalue weighted by atomic mass is 9.79. The van der Waals surface area contributed by atoms with Crippen LogP contribution in [0.3, 0.4) is 0 Å². The number of nitrogens with two attached hydrogens (primary N) is 1. The lowest BCUT2D eigenvalue weighted by molar-refractivity contribution is -0.127. The van der Waals surface area contributed by atoms with Crippen LogP contribution in [-0.2, 0) is 4.79 Å². The zero-order valence-corrected chi connectivity index (χ0v) is 11.8. The summed E-state index contributed by atoms with van der Waals surface area (Å²) in [5.74, 6) is 1.52. The Balaban J connectivity index is 2.52. The molecule has 0 aliphatic heterocycles. The van der Waals surface area contributed by atoms with Crippen molar-refractivity contribution in [2.75, 3.05) is 0 Å². The highest BCUT2D eigenvalue weighted by molar-refractivity contribution is 5.86. The summed E-state index contributed by atoms with van der Waals surface area (Å²) >= 11 is 0. The lowest BCUT2D eigenvalue weighted by Crippen LogP contribution is -2.56. The molecule has 3 N–H and O–H groups in total. The van der Waals surface area contributed by atoms with Gasteiger partial charge in [0.1, 0.15) is 0 Å². The van der Waals surface area contributed by atoms with Crippen LogP contribution in [-0.4, -0.2) is 17.5 Å². The van der Waals surface area contributed by atoms with E-state index >= 15 is 0 Å². The molecule has 100 valence electrons. The highest BCUT2D eigenvalue weighted by atomic mass is 16.2. The normalized spacial score (nSPS) is 30.1. The molecular weight excluding hydrogens is 212 g/mol. The largest absolute Gasteiger partial charge is 0.352 e. The molecule has 0 radical (unpaired) electrons. The summed E-state index contributed by atoms with van der Waals surface area (Å²) in [6.45, 7) is 8.54. The Morgan fingerprint density at radius 3 is 2.29 bits per heavy atom. The molecule has 1 saturated carbocycles. The summed E-state index contributed by atoms with van der Waals surface area (Å²) in [6.07, 6.45) is 4.81. The van der Waals surface area contributed by atoms with Gasteiger partial charge >= 0.3 is 0 Å². The predicted octanol–water partition coefficient (Wildman–Crippen LogP) is 2.44. The summed E-state index contributed by atoms with van der Waals surface area (Å²) in [6, 6.07) is 0.328. The minimum Gasteiger partial charge on any atom is -0.352 e. The first-order chi connectivity index (χ1) is 7.92. The van der Waals surface area contributed by atoms with E-state index in [2.05, 4.69) is 19.2 Å². The van der Waals surface area contributed by atoms with E-state index in [-0.39, 0.29) is 5.91 Å². The van der Waals surface area contributed by atoms with Gasteiger partial charge in [-0.15, -0.1) is 0 Å². The molecule has 0 aromatic carbocycles. The molecule has 0 heterocycles. The van der Waals surface area contributed by atoms with Gasteiger partial charge in [0.15, 0.2) is 0 Å². The minimum atomic E-state index is -0.674. The number of hydrogen-bond acceptors (Lipinski definition) is 2. The fraction of sp³-hybridized carbons (Fsp3) is 0.929. The highest BCUT2D eigenvalue weighted by Gasteiger charge is 2.33. The van der Waals surface area contributed by atoms with Crippen molar-refractivity contribution in [1.29, 1.82) is 0 Å². The number of hydrogen-bond donors (Lipinski definition) is 2. The first-order valence-corrected chi connectivity index (χ1v) is 7.02. The molecule has 3 heteroatoms. The summed E-state index contributed by atoms with van der Waals surface area (Å²) in [5.41, 5.74) is 5.43. The summed E-state index contributed by atoms with van der Waals surface area (Å²) in [4.78, 5) is 12.1. The number of rotatable bonds is 4. The molecule has 1 aliphatic rings. The van der Waals surface area contributed by atoms with Crippen LogP contribution in [0.15, 0.2) is 0 Å². The Morgan fingerprint density at radius 2 is 1.82 bits per heavy atom. The summed E-state index contributed by atoms with van der Waals surface area (Å²) in [7, 11) is 0. The van der Waals surface area contributed by atoms with Crippen LogP contribution in [0.1, 0.15) is 59.8 Å². The molecule has 3 unspecified atom stereocenters. The second kappa shape index (κ2) is 5.85. The van der Waals surface area contributed by atoms with Crippen LogP contribution in [0.4, 0.5) is 0 Å². The summed E-state index contributed by atoms with van der Waals surface area (Å²) < 4.78 is 0. The molecule has 1 amide bonds. The molecule has 1 fully saturated rings. The average molecular weight is 240 g/mol. The monoisotopic (exact) mass is 240 g/mol. The van der Waals surface area contributed by atoms with E-state index in [1.54, 1.807) is 0 Å². The fourth-order valence-corrected chi connectivity index (χ4v) is 2.58. The third-order valence-electron chi connectivity index (χ3n) is 4.65. The van der Waals surface area contributed by atoms with Crippen molar-refractivity contribution in [1.82, 2.24) is 5.32 Å². The Labute approximate surface area is 106 Å². The number of nitrogens with one attached hydrogen (secondary N) is 1. The molecule has 0 aromatic rings. The zero-order chi connectivity index (χ0) is 13.1. The van der Waals surface area contributed by atoms with E-state index in [9.17, 15) is 4.79 Å². The molecule has 1 aliphatic carbocycles. The van der Waals surface area contributed by atoms with E-state index in [1.165, 1.54) is 6.42 Å². The van der Waals surface area contributed by atoms with Gasteiger partial charge in [-0.25, -0.2) is 0 Å². The standard InChI is InChI=1S/C14H28N2O/c1-5-14(15,6-2)13(17)16-12-8-7-10(3)11(4)9-12/h10-12H,5-9,15H2,1-4H3,(H,16,17). The molecule has 3 nitrogen and oxygen atoms in total. The maximum Gasteiger partial charge on any atom is 0.240 e. The smallest absolute Gasteiger partial charge is 0.240 e. The van der Waals surface area contributed by atoms with Crippen LogP contribution in [0.2, 0.25) is 0 Å². The van der Waals surface area contributed by atoms with Gasteiger partial charge in [-0.1, -0.05) is 27.7 Å². The average Bonchev–Trinajstić information content (AvgIpc) is 2.32. The van der Waals surface area contributed by atoms with Gasteiger partial charge < -0.3 is 11.1 Å². The van der Waals surface area contributed by atoms with Crippen molar-refractivity contribution >= 4 is 5.91 Å². The van der Waals surface area contributed by atoms with Crippen LogP contribution in [0.25, 0.3) is 0 Å². The Bertz CT molecular complexity index is 261. The fourth-order valence-electron chi connectivity index (χ4n) is 2.58. The maximum atomic E-state index is 12.1. The van der Waals surface area contributed by atoms with E-state index < -0.39 is 5.54 Å². The molecule has 17 heavy (non-hydrogen) atoms. The van der Waals surface area contributed by atoms with E-state index in [4.69, 9.17) is 5.73 Å². The number of carbonyl (C=O) groups excluding carboxylic acids is 1. The topological polar surface area (TPSA) is 55.1 Å². The quantitative estimate of drug-likeness (QED) is 0.793. The second-order valence-corrected chi connectivity index (χ2v) is 5.80. The van der Waals surface area contributed by atoms with Crippen LogP contribution >= 0.6 is 0 Å². The van der Waals surface area contributed by atoms with E-state index in [0.717, 1.165) is 18.8 Å². The van der Waals surface area contributed by atoms with Crippen LogP contribution in [0.5, 0.6) is 0 Å². The SMILES string of the molecule is CCC(N)(CC)C(=O)NC1CCC(C)C(C)C1. The van der Waals surface area contributed by atoms with Gasteiger partial charge in [-0.3, -0.25) is 4.79 Å². The van der Waals surface area contributed by atoms with Crippen molar-refractivity contribution in [3.8, 4) is 0 Å². The molecule has 0 spiro atoms. The highest BCUT2D eigenvalue weighted by Crippen LogP contribution is 2.29. The van der Waals surface area contributed by atoms with E-state index in [1.807, 2.05) is 13.8 Å². The van der Waals surface area contributed by atoms with Gasteiger partial charge in [0.05, 0.1) is 5.54 Å². The van der Waals surface area contributed by atoms with Crippen molar-refractivity contribution in [3.05, 3.63) is 0 Å². The van der Waals surface area contributed by atoms with Gasteiger partial charge in [-0.05, 0) is 43.9 Å². The Morgan fingerprint density at radius 1 is 1.24 bits per heavy atom. The van der Waals surface area contributed by atoms with Crippen LogP contribution < -0.4 is 11.1 Å². The lowest BCUT2D eigenvalue weighted by Gasteiger charge is -2.35. The minimum absolute atomic E-state index is 0.0363. The third kappa shape index (κ3) is 3.44. The van der Waals surface area contributed by atoms with Gasteiger partial charge in [0, 0.05) is 6.04 Å². The van der Waals surface area contributed by atoms with Gasteiger partial charge in [0.25, 0.3) is 0 Å².